The summed E-state index contributed by atoms with van der Waals surface area (Å²) in [5.74, 6) is -0.334. The predicted molar refractivity (Wildman–Crippen MR) is 47.1 cm³/mol. The molecule has 1 amide bonds. The van der Waals surface area contributed by atoms with Gasteiger partial charge in [-0.05, 0) is 6.42 Å². The molecule has 0 N–H and O–H groups in total. The average Bonchev–Trinajstić information content (AvgIpc) is 1.97. The Morgan fingerprint density at radius 3 is 2.25 bits per heavy atom. The fourth-order valence-corrected chi connectivity index (χ4v) is 1.13. The first-order chi connectivity index (χ1) is 5.39. The first-order valence-corrected chi connectivity index (χ1v) is 5.71. The molecular formula is C7H15NO3S. The number of amides is 1. The zero-order valence-electron chi connectivity index (χ0n) is 7.70. The third kappa shape index (κ3) is 3.71. The normalized spacial score (nSPS) is 11.2. The van der Waals surface area contributed by atoms with Gasteiger partial charge in [0.25, 0.3) is 0 Å². The van der Waals surface area contributed by atoms with Gasteiger partial charge in [-0.25, -0.2) is 12.7 Å². The highest BCUT2D eigenvalue weighted by Gasteiger charge is 2.16. The molecule has 0 saturated carbocycles. The maximum Gasteiger partial charge on any atom is 0.235 e. The number of carbonyl (C=O) groups is 1. The van der Waals surface area contributed by atoms with Crippen molar-refractivity contribution in [3.8, 4) is 0 Å². The number of carbonyl (C=O) groups excluding carboxylic acids is 1. The fourth-order valence-electron chi connectivity index (χ4n) is 0.670. The van der Waals surface area contributed by atoms with Gasteiger partial charge in [-0.3, -0.25) is 4.79 Å². The third-order valence-electron chi connectivity index (χ3n) is 1.59. The van der Waals surface area contributed by atoms with Gasteiger partial charge in [0, 0.05) is 13.5 Å². The number of hydrogen-bond acceptors (Lipinski definition) is 3. The molecule has 0 rings (SSSR count). The van der Waals surface area contributed by atoms with Crippen molar-refractivity contribution in [2.45, 2.75) is 26.2 Å². The molecule has 12 heavy (non-hydrogen) atoms. The molecule has 0 radical (unpaired) electrons. The average molecular weight is 193 g/mol. The molecule has 72 valence electrons. The Labute approximate surface area is 73.6 Å². The summed E-state index contributed by atoms with van der Waals surface area (Å²) in [5.41, 5.74) is 0. The van der Waals surface area contributed by atoms with Crippen molar-refractivity contribution in [3.05, 3.63) is 0 Å². The van der Waals surface area contributed by atoms with Gasteiger partial charge in [0.2, 0.25) is 15.9 Å². The molecule has 0 saturated heterocycles. The fraction of sp³-hybridized carbons (Fsp3) is 0.857. The van der Waals surface area contributed by atoms with Crippen molar-refractivity contribution in [3.63, 3.8) is 0 Å². The van der Waals surface area contributed by atoms with E-state index in [0.29, 0.717) is 6.42 Å². The highest BCUT2D eigenvalue weighted by molar-refractivity contribution is 7.88. The van der Waals surface area contributed by atoms with E-state index in [1.807, 2.05) is 6.92 Å². The molecule has 4 nitrogen and oxygen atoms in total. The monoisotopic (exact) mass is 193 g/mol. The lowest BCUT2D eigenvalue weighted by atomic mass is 10.2. The van der Waals surface area contributed by atoms with Crippen molar-refractivity contribution in [1.82, 2.24) is 4.31 Å². The summed E-state index contributed by atoms with van der Waals surface area (Å²) in [7, 11) is -2.06. The number of hydrogen-bond donors (Lipinski definition) is 0. The van der Waals surface area contributed by atoms with Crippen LogP contribution in [0.3, 0.4) is 0 Å². The standard InChI is InChI=1S/C7H15NO3S/c1-4-5-6-7(9)8(2)12(3,10)11/h4-6H2,1-3H3. The summed E-state index contributed by atoms with van der Waals surface area (Å²) >= 11 is 0. The number of sulfonamides is 1. The molecule has 0 aromatic heterocycles. The molecule has 0 aromatic carbocycles. The summed E-state index contributed by atoms with van der Waals surface area (Å²) in [4.78, 5) is 11.1. The molecular weight excluding hydrogens is 178 g/mol. The lowest BCUT2D eigenvalue weighted by Gasteiger charge is -2.13. The van der Waals surface area contributed by atoms with Crippen LogP contribution in [0.1, 0.15) is 26.2 Å². The Morgan fingerprint density at radius 1 is 1.42 bits per heavy atom. The molecule has 5 heteroatoms. The molecule has 0 aliphatic carbocycles. The van der Waals surface area contributed by atoms with Crippen LogP contribution in [-0.2, 0) is 14.8 Å². The molecule has 0 unspecified atom stereocenters. The van der Waals surface area contributed by atoms with Crippen molar-refractivity contribution >= 4 is 15.9 Å². The minimum Gasteiger partial charge on any atom is -0.274 e. The van der Waals surface area contributed by atoms with Crippen molar-refractivity contribution in [2.75, 3.05) is 13.3 Å². The molecule has 0 aromatic rings. The molecule has 0 spiro atoms. The quantitative estimate of drug-likeness (QED) is 0.656. The number of unbranched alkanes of at least 4 members (excludes halogenated alkanes) is 1. The summed E-state index contributed by atoms with van der Waals surface area (Å²) < 4.78 is 22.5. The van der Waals surface area contributed by atoms with Crippen LogP contribution >= 0.6 is 0 Å². The van der Waals surface area contributed by atoms with Gasteiger partial charge < -0.3 is 0 Å². The van der Waals surface area contributed by atoms with Gasteiger partial charge in [-0.2, -0.15) is 0 Å². The summed E-state index contributed by atoms with van der Waals surface area (Å²) in [6, 6.07) is 0. The minimum atomic E-state index is -3.35. The summed E-state index contributed by atoms with van der Waals surface area (Å²) in [5, 5.41) is 0. The predicted octanol–water partition coefficient (Wildman–Crippen LogP) is 0.595. The Bertz CT molecular complexity index is 245. The topological polar surface area (TPSA) is 54.5 Å². The first kappa shape index (κ1) is 11.4. The maximum absolute atomic E-state index is 11.1. The second kappa shape index (κ2) is 4.45. The largest absolute Gasteiger partial charge is 0.274 e. The zero-order chi connectivity index (χ0) is 9.78. The molecule has 0 bridgehead atoms. The zero-order valence-corrected chi connectivity index (χ0v) is 8.52. The van der Waals surface area contributed by atoms with Crippen LogP contribution in [0.25, 0.3) is 0 Å². The molecule has 0 atom stereocenters. The highest BCUT2D eigenvalue weighted by atomic mass is 32.2. The van der Waals surface area contributed by atoms with E-state index in [1.54, 1.807) is 0 Å². The van der Waals surface area contributed by atoms with Crippen molar-refractivity contribution in [2.24, 2.45) is 0 Å². The van der Waals surface area contributed by atoms with E-state index in [4.69, 9.17) is 0 Å². The van der Waals surface area contributed by atoms with Crippen LogP contribution in [0.4, 0.5) is 0 Å². The van der Waals surface area contributed by atoms with Gasteiger partial charge in [-0.1, -0.05) is 13.3 Å². The lowest BCUT2D eigenvalue weighted by Crippen LogP contribution is -2.31. The maximum atomic E-state index is 11.1. The second-order valence-corrected chi connectivity index (χ2v) is 4.74. The van der Waals surface area contributed by atoms with Crippen LogP contribution in [0, 0.1) is 0 Å². The Hall–Kier alpha value is -0.580. The van der Waals surface area contributed by atoms with Crippen LogP contribution in [0.15, 0.2) is 0 Å². The minimum absolute atomic E-state index is 0.306. The Morgan fingerprint density at radius 2 is 1.92 bits per heavy atom. The van der Waals surface area contributed by atoms with Crippen molar-refractivity contribution in [1.29, 1.82) is 0 Å². The van der Waals surface area contributed by atoms with E-state index < -0.39 is 10.0 Å². The summed E-state index contributed by atoms with van der Waals surface area (Å²) in [6.07, 6.45) is 2.96. The Kier molecular flexibility index (Phi) is 4.23. The SMILES string of the molecule is CCCCC(=O)N(C)S(C)(=O)=O. The van der Waals surface area contributed by atoms with E-state index in [9.17, 15) is 13.2 Å². The van der Waals surface area contributed by atoms with Gasteiger partial charge in [0.15, 0.2) is 0 Å². The highest BCUT2D eigenvalue weighted by Crippen LogP contribution is 2.01. The Balaban J connectivity index is 4.12. The van der Waals surface area contributed by atoms with E-state index >= 15 is 0 Å². The smallest absolute Gasteiger partial charge is 0.235 e. The van der Waals surface area contributed by atoms with E-state index in [1.165, 1.54) is 7.05 Å². The summed E-state index contributed by atoms with van der Waals surface area (Å²) in [6.45, 7) is 1.95. The third-order valence-corrected chi connectivity index (χ3v) is 2.79. The van der Waals surface area contributed by atoms with Gasteiger partial charge >= 0.3 is 0 Å². The first-order valence-electron chi connectivity index (χ1n) is 3.86. The number of rotatable bonds is 4. The van der Waals surface area contributed by atoms with Crippen LogP contribution in [-0.4, -0.2) is 31.9 Å². The molecule has 0 aliphatic rings. The van der Waals surface area contributed by atoms with E-state index in [0.717, 1.165) is 23.4 Å². The van der Waals surface area contributed by atoms with Gasteiger partial charge in [0.1, 0.15) is 0 Å². The van der Waals surface area contributed by atoms with Crippen LogP contribution in [0.5, 0.6) is 0 Å². The van der Waals surface area contributed by atoms with E-state index in [2.05, 4.69) is 0 Å². The van der Waals surface area contributed by atoms with Crippen LogP contribution < -0.4 is 0 Å². The van der Waals surface area contributed by atoms with Gasteiger partial charge in [0.05, 0.1) is 6.26 Å². The van der Waals surface area contributed by atoms with E-state index in [-0.39, 0.29) is 5.91 Å². The van der Waals surface area contributed by atoms with Crippen molar-refractivity contribution < 1.29 is 13.2 Å². The molecule has 0 fully saturated rings. The second-order valence-electron chi connectivity index (χ2n) is 2.73. The molecule has 0 heterocycles. The lowest BCUT2D eigenvalue weighted by molar-refractivity contribution is -0.125. The number of nitrogens with zero attached hydrogens (tertiary/aromatic N) is 1. The molecule has 0 aliphatic heterocycles. The van der Waals surface area contributed by atoms with Crippen LogP contribution in [0.2, 0.25) is 0 Å². The van der Waals surface area contributed by atoms with Gasteiger partial charge in [-0.15, -0.1) is 0 Å².